The Bertz CT molecular complexity index is 415. The van der Waals surface area contributed by atoms with Crippen molar-refractivity contribution in [3.63, 3.8) is 0 Å². The second kappa shape index (κ2) is 9.64. The van der Waals surface area contributed by atoms with Crippen LogP contribution in [0.2, 0.25) is 0 Å². The van der Waals surface area contributed by atoms with Crippen LogP contribution in [0.1, 0.15) is 27.9 Å². The van der Waals surface area contributed by atoms with Crippen molar-refractivity contribution >= 4 is 5.78 Å². The molecule has 0 heterocycles. The van der Waals surface area contributed by atoms with E-state index in [9.17, 15) is 4.79 Å². The number of aryl methyl sites for hydroxylation is 2. The fourth-order valence-corrected chi connectivity index (χ4v) is 1.88. The van der Waals surface area contributed by atoms with Gasteiger partial charge in [-0.1, -0.05) is 23.8 Å². The Morgan fingerprint density at radius 2 is 1.80 bits per heavy atom. The van der Waals surface area contributed by atoms with Crippen LogP contribution in [0.5, 0.6) is 0 Å². The summed E-state index contributed by atoms with van der Waals surface area (Å²) >= 11 is 0. The lowest BCUT2D eigenvalue weighted by atomic mass is 10.0. The molecule has 20 heavy (non-hydrogen) atoms. The first-order valence-corrected chi connectivity index (χ1v) is 6.90. The molecule has 1 aromatic carbocycles. The zero-order valence-electron chi connectivity index (χ0n) is 12.6. The molecule has 0 aromatic heterocycles. The molecule has 0 atom stereocenters. The van der Waals surface area contributed by atoms with E-state index in [1.807, 2.05) is 32.0 Å². The molecule has 0 radical (unpaired) electrons. The van der Waals surface area contributed by atoms with Crippen LogP contribution in [0.15, 0.2) is 18.2 Å². The van der Waals surface area contributed by atoms with Crippen LogP contribution in [0.25, 0.3) is 0 Å². The molecule has 0 amide bonds. The summed E-state index contributed by atoms with van der Waals surface area (Å²) in [5.41, 5.74) is 2.90. The summed E-state index contributed by atoms with van der Waals surface area (Å²) in [6.07, 6.45) is 0.782. The first kappa shape index (κ1) is 16.8. The number of benzene rings is 1. The summed E-state index contributed by atoms with van der Waals surface area (Å²) in [5.74, 6) is 0.0304. The molecule has 0 aliphatic heterocycles. The monoisotopic (exact) mass is 280 g/mol. The number of ether oxygens (including phenoxy) is 3. The van der Waals surface area contributed by atoms with Gasteiger partial charge in [-0.3, -0.25) is 4.79 Å². The third-order valence-electron chi connectivity index (χ3n) is 2.92. The van der Waals surface area contributed by atoms with Crippen molar-refractivity contribution in [2.45, 2.75) is 20.3 Å². The van der Waals surface area contributed by atoms with Gasteiger partial charge in [0.05, 0.1) is 13.2 Å². The minimum atomic E-state index is 0.0304. The first-order valence-electron chi connectivity index (χ1n) is 6.90. The lowest BCUT2D eigenvalue weighted by molar-refractivity contribution is 0.0488. The average molecular weight is 280 g/mol. The normalized spacial score (nSPS) is 10.8. The topological polar surface area (TPSA) is 44.8 Å². The van der Waals surface area contributed by atoms with Crippen molar-refractivity contribution in [2.75, 3.05) is 40.1 Å². The first-order chi connectivity index (χ1) is 9.65. The van der Waals surface area contributed by atoms with E-state index in [2.05, 4.69) is 0 Å². The molecular weight excluding hydrogens is 256 g/mol. The quantitative estimate of drug-likeness (QED) is 0.488. The van der Waals surface area contributed by atoms with Crippen molar-refractivity contribution in [3.05, 3.63) is 34.9 Å². The minimum absolute atomic E-state index is 0.0304. The van der Waals surface area contributed by atoms with Gasteiger partial charge in [-0.2, -0.15) is 0 Å². The number of carbonyl (C=O) groups excluding carboxylic acids is 1. The SMILES string of the molecule is COCCOCCCOCC(=O)c1ccc(C)cc1C. The summed E-state index contributed by atoms with van der Waals surface area (Å²) in [6.45, 7) is 6.45. The van der Waals surface area contributed by atoms with E-state index in [-0.39, 0.29) is 12.4 Å². The van der Waals surface area contributed by atoms with Gasteiger partial charge >= 0.3 is 0 Å². The van der Waals surface area contributed by atoms with E-state index in [1.54, 1.807) is 7.11 Å². The maximum atomic E-state index is 12.0. The predicted octanol–water partition coefficient (Wildman–Crippen LogP) is 2.56. The summed E-state index contributed by atoms with van der Waals surface area (Å²) in [6, 6.07) is 5.82. The largest absolute Gasteiger partial charge is 0.382 e. The Labute approximate surface area is 121 Å². The second-order valence-electron chi connectivity index (χ2n) is 4.75. The van der Waals surface area contributed by atoms with Crippen LogP contribution in [-0.2, 0) is 14.2 Å². The zero-order valence-corrected chi connectivity index (χ0v) is 12.6. The van der Waals surface area contributed by atoms with Gasteiger partial charge < -0.3 is 14.2 Å². The van der Waals surface area contributed by atoms with Crippen LogP contribution in [-0.4, -0.2) is 45.9 Å². The summed E-state index contributed by atoms with van der Waals surface area (Å²) < 4.78 is 15.6. The molecule has 112 valence electrons. The Hall–Kier alpha value is -1.23. The predicted molar refractivity (Wildman–Crippen MR) is 78.4 cm³/mol. The lowest BCUT2D eigenvalue weighted by Gasteiger charge is -2.07. The number of carbonyl (C=O) groups is 1. The maximum absolute atomic E-state index is 12.0. The molecule has 0 spiro atoms. The van der Waals surface area contributed by atoms with Gasteiger partial charge in [-0.15, -0.1) is 0 Å². The standard InChI is InChI=1S/C16H24O4/c1-13-5-6-15(14(2)11-13)16(17)12-20-8-4-7-19-10-9-18-3/h5-6,11H,4,7-10,12H2,1-3H3. The number of Topliss-reactive ketones (excluding diaryl/α,β-unsaturated/α-hetero) is 1. The van der Waals surface area contributed by atoms with Crippen molar-refractivity contribution in [3.8, 4) is 0 Å². The highest BCUT2D eigenvalue weighted by atomic mass is 16.5. The Kier molecular flexibility index (Phi) is 8.11. The Morgan fingerprint density at radius 1 is 1.05 bits per heavy atom. The van der Waals surface area contributed by atoms with Gasteiger partial charge in [0.15, 0.2) is 5.78 Å². The highest BCUT2D eigenvalue weighted by Crippen LogP contribution is 2.11. The van der Waals surface area contributed by atoms with Crippen LogP contribution in [0.3, 0.4) is 0 Å². The van der Waals surface area contributed by atoms with Crippen LogP contribution in [0, 0.1) is 13.8 Å². The Morgan fingerprint density at radius 3 is 2.50 bits per heavy atom. The number of methoxy groups -OCH3 is 1. The van der Waals surface area contributed by atoms with Crippen molar-refractivity contribution in [2.24, 2.45) is 0 Å². The molecule has 0 aliphatic carbocycles. The average Bonchev–Trinajstić information content (AvgIpc) is 2.41. The fraction of sp³-hybridized carbons (Fsp3) is 0.562. The molecule has 0 fully saturated rings. The van der Waals surface area contributed by atoms with Crippen molar-refractivity contribution in [1.82, 2.24) is 0 Å². The highest BCUT2D eigenvalue weighted by Gasteiger charge is 2.08. The lowest BCUT2D eigenvalue weighted by Crippen LogP contribution is -2.12. The third kappa shape index (κ3) is 6.28. The number of hydrogen-bond acceptors (Lipinski definition) is 4. The summed E-state index contributed by atoms with van der Waals surface area (Å²) in [5, 5.41) is 0. The van der Waals surface area contributed by atoms with E-state index in [0.29, 0.717) is 26.4 Å². The summed E-state index contributed by atoms with van der Waals surface area (Å²) in [4.78, 5) is 12.0. The highest BCUT2D eigenvalue weighted by molar-refractivity contribution is 5.98. The molecule has 1 aromatic rings. The number of ketones is 1. The van der Waals surface area contributed by atoms with Gasteiger partial charge in [-0.25, -0.2) is 0 Å². The molecule has 0 aliphatic rings. The molecule has 4 nitrogen and oxygen atoms in total. The van der Waals surface area contributed by atoms with Gasteiger partial charge in [0.1, 0.15) is 6.61 Å². The van der Waals surface area contributed by atoms with Crippen molar-refractivity contribution in [1.29, 1.82) is 0 Å². The molecule has 0 saturated carbocycles. The van der Waals surface area contributed by atoms with E-state index in [0.717, 1.165) is 23.1 Å². The van der Waals surface area contributed by atoms with Gasteiger partial charge in [0.25, 0.3) is 0 Å². The molecule has 0 saturated heterocycles. The van der Waals surface area contributed by atoms with Gasteiger partial charge in [-0.05, 0) is 25.8 Å². The second-order valence-corrected chi connectivity index (χ2v) is 4.75. The smallest absolute Gasteiger partial charge is 0.188 e. The van der Waals surface area contributed by atoms with Crippen LogP contribution < -0.4 is 0 Å². The molecule has 0 N–H and O–H groups in total. The summed E-state index contributed by atoms with van der Waals surface area (Å²) in [7, 11) is 1.64. The molecule has 0 unspecified atom stereocenters. The zero-order chi connectivity index (χ0) is 14.8. The minimum Gasteiger partial charge on any atom is -0.382 e. The molecule has 1 rings (SSSR count). The Balaban J connectivity index is 2.17. The van der Waals surface area contributed by atoms with E-state index < -0.39 is 0 Å². The molecule has 4 heteroatoms. The van der Waals surface area contributed by atoms with Crippen LogP contribution >= 0.6 is 0 Å². The van der Waals surface area contributed by atoms with Crippen LogP contribution in [0.4, 0.5) is 0 Å². The van der Waals surface area contributed by atoms with E-state index >= 15 is 0 Å². The van der Waals surface area contributed by atoms with E-state index in [4.69, 9.17) is 14.2 Å². The third-order valence-corrected chi connectivity index (χ3v) is 2.92. The number of hydrogen-bond donors (Lipinski definition) is 0. The maximum Gasteiger partial charge on any atom is 0.188 e. The number of rotatable bonds is 10. The van der Waals surface area contributed by atoms with Gasteiger partial charge in [0.2, 0.25) is 0 Å². The fourth-order valence-electron chi connectivity index (χ4n) is 1.88. The van der Waals surface area contributed by atoms with Gasteiger partial charge in [0, 0.05) is 25.9 Å². The molecule has 0 bridgehead atoms. The molecular formula is C16H24O4. The van der Waals surface area contributed by atoms with Crippen molar-refractivity contribution < 1.29 is 19.0 Å². The van der Waals surface area contributed by atoms with E-state index in [1.165, 1.54) is 0 Å².